The van der Waals surface area contributed by atoms with Crippen molar-refractivity contribution in [3.05, 3.63) is 35.6 Å². The Bertz CT molecular complexity index is 535. The molecule has 1 aliphatic rings. The van der Waals surface area contributed by atoms with Crippen molar-refractivity contribution in [3.8, 4) is 0 Å². The number of rotatable bonds is 3. The van der Waals surface area contributed by atoms with Crippen LogP contribution >= 0.6 is 0 Å². The van der Waals surface area contributed by atoms with Crippen LogP contribution in [-0.4, -0.2) is 59.0 Å². The van der Waals surface area contributed by atoms with E-state index in [4.69, 9.17) is 5.11 Å². The number of amides is 1. The first-order valence-electron chi connectivity index (χ1n) is 7.01. The number of hydrogen-bond donors (Lipinski definition) is 1. The molecular formula is C15H19FN2O3. The van der Waals surface area contributed by atoms with Crippen molar-refractivity contribution < 1.29 is 19.1 Å². The molecule has 1 fully saturated rings. The second-order valence-electron chi connectivity index (χ2n) is 5.18. The molecule has 0 spiro atoms. The molecule has 21 heavy (non-hydrogen) atoms. The van der Waals surface area contributed by atoms with Crippen LogP contribution in [0.1, 0.15) is 23.7 Å². The smallest absolute Gasteiger partial charge is 0.320 e. The summed E-state index contributed by atoms with van der Waals surface area (Å²) in [4.78, 5) is 26.8. The van der Waals surface area contributed by atoms with Gasteiger partial charge in [0.15, 0.2) is 0 Å². The van der Waals surface area contributed by atoms with Gasteiger partial charge in [-0.05, 0) is 25.5 Å². The summed E-state index contributed by atoms with van der Waals surface area (Å²) in [7, 11) is 0. The lowest BCUT2D eigenvalue weighted by Crippen LogP contribution is -2.42. The van der Waals surface area contributed by atoms with E-state index < -0.39 is 17.8 Å². The Labute approximate surface area is 123 Å². The Hall–Kier alpha value is -1.95. The summed E-state index contributed by atoms with van der Waals surface area (Å²) in [6.45, 7) is 3.65. The topological polar surface area (TPSA) is 60.9 Å². The van der Waals surface area contributed by atoms with E-state index in [0.29, 0.717) is 32.6 Å². The molecule has 0 aliphatic carbocycles. The van der Waals surface area contributed by atoms with Crippen molar-refractivity contribution in [1.82, 2.24) is 9.80 Å². The molecular weight excluding hydrogens is 275 g/mol. The van der Waals surface area contributed by atoms with Crippen LogP contribution in [0.2, 0.25) is 0 Å². The summed E-state index contributed by atoms with van der Waals surface area (Å²) in [6.07, 6.45) is 0.678. The molecule has 0 radical (unpaired) electrons. The molecule has 1 aliphatic heterocycles. The van der Waals surface area contributed by atoms with Crippen molar-refractivity contribution >= 4 is 11.9 Å². The Morgan fingerprint density at radius 3 is 2.57 bits per heavy atom. The highest BCUT2D eigenvalue weighted by molar-refractivity contribution is 5.94. The van der Waals surface area contributed by atoms with Crippen molar-refractivity contribution in [2.75, 3.05) is 26.2 Å². The number of halogens is 1. The zero-order valence-electron chi connectivity index (χ0n) is 12.0. The molecule has 0 unspecified atom stereocenters. The molecule has 1 aromatic rings. The minimum Gasteiger partial charge on any atom is -0.480 e. The first-order chi connectivity index (χ1) is 10.0. The lowest BCUT2D eigenvalue weighted by molar-refractivity contribution is -0.142. The number of benzene rings is 1. The van der Waals surface area contributed by atoms with Gasteiger partial charge in [-0.3, -0.25) is 14.5 Å². The Morgan fingerprint density at radius 1 is 1.19 bits per heavy atom. The maximum absolute atomic E-state index is 13.7. The van der Waals surface area contributed by atoms with Gasteiger partial charge in [-0.1, -0.05) is 12.1 Å². The van der Waals surface area contributed by atoms with Crippen LogP contribution in [0.5, 0.6) is 0 Å². The predicted octanol–water partition coefficient (Wildman–Crippen LogP) is 1.45. The molecule has 1 amide bonds. The average molecular weight is 294 g/mol. The summed E-state index contributed by atoms with van der Waals surface area (Å²) < 4.78 is 13.7. The second-order valence-corrected chi connectivity index (χ2v) is 5.18. The monoisotopic (exact) mass is 294 g/mol. The number of carboxylic acid groups (broad SMARTS) is 1. The predicted molar refractivity (Wildman–Crippen MR) is 75.6 cm³/mol. The lowest BCUT2D eigenvalue weighted by Gasteiger charge is -2.24. The van der Waals surface area contributed by atoms with Crippen molar-refractivity contribution in [1.29, 1.82) is 0 Å². The van der Waals surface area contributed by atoms with Crippen LogP contribution in [-0.2, 0) is 4.79 Å². The first-order valence-corrected chi connectivity index (χ1v) is 7.01. The molecule has 1 N–H and O–H groups in total. The molecule has 0 saturated carbocycles. The minimum atomic E-state index is -0.871. The van der Waals surface area contributed by atoms with E-state index in [1.807, 2.05) is 4.90 Å². The van der Waals surface area contributed by atoms with Gasteiger partial charge in [0.1, 0.15) is 11.9 Å². The van der Waals surface area contributed by atoms with Gasteiger partial charge in [0.25, 0.3) is 5.91 Å². The van der Waals surface area contributed by atoms with E-state index in [2.05, 4.69) is 0 Å². The van der Waals surface area contributed by atoms with Gasteiger partial charge < -0.3 is 10.0 Å². The van der Waals surface area contributed by atoms with E-state index in [1.165, 1.54) is 12.1 Å². The summed E-state index contributed by atoms with van der Waals surface area (Å²) in [5.41, 5.74) is 0.0669. The summed E-state index contributed by atoms with van der Waals surface area (Å²) >= 11 is 0. The van der Waals surface area contributed by atoms with Gasteiger partial charge in [-0.25, -0.2) is 4.39 Å². The van der Waals surface area contributed by atoms with Crippen molar-refractivity contribution in [2.45, 2.75) is 19.4 Å². The third-order valence-electron chi connectivity index (χ3n) is 3.83. The Morgan fingerprint density at radius 2 is 1.90 bits per heavy atom. The highest BCUT2D eigenvalue weighted by atomic mass is 19.1. The SMILES string of the molecule is C[C@@H](C(=O)O)N1CCCN(C(=O)c2ccccc2F)CC1. The van der Waals surface area contributed by atoms with Crippen LogP contribution in [0.3, 0.4) is 0 Å². The number of aliphatic carboxylic acids is 1. The molecule has 0 aromatic heterocycles. The zero-order chi connectivity index (χ0) is 15.4. The number of carboxylic acids is 1. The van der Waals surface area contributed by atoms with Crippen LogP contribution in [0, 0.1) is 5.82 Å². The van der Waals surface area contributed by atoms with E-state index in [-0.39, 0.29) is 11.5 Å². The van der Waals surface area contributed by atoms with E-state index in [0.717, 1.165) is 0 Å². The molecule has 0 bridgehead atoms. The second kappa shape index (κ2) is 6.67. The van der Waals surface area contributed by atoms with Gasteiger partial charge in [0.05, 0.1) is 5.56 Å². The molecule has 1 saturated heterocycles. The van der Waals surface area contributed by atoms with Crippen LogP contribution in [0.25, 0.3) is 0 Å². The van der Waals surface area contributed by atoms with Crippen LogP contribution in [0.4, 0.5) is 4.39 Å². The molecule has 5 nitrogen and oxygen atoms in total. The molecule has 1 atom stereocenters. The quantitative estimate of drug-likeness (QED) is 0.916. The number of nitrogens with zero attached hydrogens (tertiary/aromatic N) is 2. The fourth-order valence-corrected chi connectivity index (χ4v) is 2.49. The number of carbonyl (C=O) groups excluding carboxylic acids is 1. The Balaban J connectivity index is 2.05. The Kier molecular flexibility index (Phi) is 4.90. The third kappa shape index (κ3) is 3.58. The highest BCUT2D eigenvalue weighted by Gasteiger charge is 2.26. The van der Waals surface area contributed by atoms with Gasteiger partial charge in [-0.2, -0.15) is 0 Å². The van der Waals surface area contributed by atoms with Crippen molar-refractivity contribution in [2.24, 2.45) is 0 Å². The number of carbonyl (C=O) groups is 2. The normalized spacial score (nSPS) is 18.1. The third-order valence-corrected chi connectivity index (χ3v) is 3.83. The zero-order valence-corrected chi connectivity index (χ0v) is 12.0. The average Bonchev–Trinajstić information content (AvgIpc) is 2.72. The van der Waals surface area contributed by atoms with E-state index in [9.17, 15) is 14.0 Å². The largest absolute Gasteiger partial charge is 0.480 e. The van der Waals surface area contributed by atoms with Gasteiger partial charge in [0.2, 0.25) is 0 Å². The van der Waals surface area contributed by atoms with Gasteiger partial charge in [0, 0.05) is 26.2 Å². The van der Waals surface area contributed by atoms with Crippen molar-refractivity contribution in [3.63, 3.8) is 0 Å². The molecule has 114 valence electrons. The van der Waals surface area contributed by atoms with Crippen LogP contribution in [0.15, 0.2) is 24.3 Å². The fourth-order valence-electron chi connectivity index (χ4n) is 2.49. The first kappa shape index (κ1) is 15.4. The molecule has 2 rings (SSSR count). The minimum absolute atomic E-state index is 0.0669. The summed E-state index contributed by atoms with van der Waals surface area (Å²) in [5, 5.41) is 9.04. The van der Waals surface area contributed by atoms with Gasteiger partial charge >= 0.3 is 5.97 Å². The van der Waals surface area contributed by atoms with Crippen LogP contribution < -0.4 is 0 Å². The van der Waals surface area contributed by atoms with E-state index >= 15 is 0 Å². The van der Waals surface area contributed by atoms with Gasteiger partial charge in [-0.15, -0.1) is 0 Å². The molecule has 6 heteroatoms. The fraction of sp³-hybridized carbons (Fsp3) is 0.467. The number of hydrogen-bond acceptors (Lipinski definition) is 3. The molecule has 1 heterocycles. The lowest BCUT2D eigenvalue weighted by atomic mass is 10.2. The summed E-state index contributed by atoms with van der Waals surface area (Å²) in [6, 6.07) is 5.34. The standard InChI is InChI=1S/C15H19FN2O3/c1-11(15(20)21)17-7-4-8-18(10-9-17)14(19)12-5-2-3-6-13(12)16/h2-3,5-6,11H,4,7-10H2,1H3,(H,20,21)/t11-/m0/s1. The highest BCUT2D eigenvalue weighted by Crippen LogP contribution is 2.13. The summed E-state index contributed by atoms with van der Waals surface area (Å²) in [5.74, 6) is -1.73. The maximum Gasteiger partial charge on any atom is 0.320 e. The van der Waals surface area contributed by atoms with E-state index in [1.54, 1.807) is 24.0 Å². The molecule has 1 aromatic carbocycles. The maximum atomic E-state index is 13.7.